The molecule has 0 radical (unpaired) electrons. The highest BCUT2D eigenvalue weighted by atomic mass is 16.5. The first-order chi connectivity index (χ1) is 16.5. The van der Waals surface area contributed by atoms with Gasteiger partial charge in [-0.25, -0.2) is 0 Å². The molecule has 0 bridgehead atoms. The Bertz CT molecular complexity index is 830. The lowest BCUT2D eigenvalue weighted by atomic mass is 9.46. The van der Waals surface area contributed by atoms with Gasteiger partial charge < -0.3 is 9.47 Å². The van der Waals surface area contributed by atoms with Gasteiger partial charge in [0.05, 0.1) is 0 Å². The van der Waals surface area contributed by atoms with Gasteiger partial charge in [0.25, 0.3) is 0 Å². The van der Waals surface area contributed by atoms with Gasteiger partial charge in [0, 0.05) is 13.8 Å². The third-order valence-corrected chi connectivity index (χ3v) is 10.9. The van der Waals surface area contributed by atoms with E-state index in [1.165, 1.54) is 64.4 Å². The number of ether oxygens (including phenoxy) is 2. The summed E-state index contributed by atoms with van der Waals surface area (Å²) in [6.07, 6.45) is 13.9. The maximum atomic E-state index is 12.2. The summed E-state index contributed by atoms with van der Waals surface area (Å²) in [7, 11) is 0. The zero-order valence-corrected chi connectivity index (χ0v) is 23.4. The number of fused-ring (bicyclic) bond motifs is 5. The van der Waals surface area contributed by atoms with Gasteiger partial charge in [-0.3, -0.25) is 9.59 Å². The largest absolute Gasteiger partial charge is 0.458 e. The van der Waals surface area contributed by atoms with E-state index in [2.05, 4.69) is 40.7 Å². The Balaban J connectivity index is 1.58. The first-order valence-corrected chi connectivity index (χ1v) is 14.5. The van der Waals surface area contributed by atoms with Crippen LogP contribution in [0.4, 0.5) is 0 Å². The molecule has 9 atom stereocenters. The molecule has 0 amide bonds. The fraction of sp³-hybridized carbons (Fsp3) is 0.871. The Morgan fingerprint density at radius 1 is 0.943 bits per heavy atom. The minimum absolute atomic E-state index is 0.0297. The van der Waals surface area contributed by atoms with Crippen molar-refractivity contribution in [2.24, 2.45) is 46.3 Å². The normalized spacial score (nSPS) is 41.3. The lowest BCUT2D eigenvalue weighted by Gasteiger charge is -2.60. The summed E-state index contributed by atoms with van der Waals surface area (Å²) >= 11 is 0. The van der Waals surface area contributed by atoms with Crippen molar-refractivity contribution >= 4 is 11.9 Å². The molecular weight excluding hydrogens is 436 g/mol. The van der Waals surface area contributed by atoms with E-state index in [0.29, 0.717) is 17.3 Å². The van der Waals surface area contributed by atoms with Gasteiger partial charge in [-0.15, -0.1) is 0 Å². The highest BCUT2D eigenvalue weighted by molar-refractivity contribution is 5.67. The van der Waals surface area contributed by atoms with Crippen LogP contribution in [0.1, 0.15) is 113 Å². The number of carbonyl (C=O) groups is 2. The van der Waals surface area contributed by atoms with Crippen molar-refractivity contribution in [3.05, 3.63) is 11.6 Å². The maximum Gasteiger partial charge on any atom is 0.303 e. The molecule has 198 valence electrons. The molecule has 0 aromatic heterocycles. The second-order valence-electron chi connectivity index (χ2n) is 13.5. The first kappa shape index (κ1) is 26.7. The molecule has 4 heteroatoms. The standard InChI is InChI=1S/C31H50O4/c1-19(2)9-8-10-20(3)25-11-12-26-24-18-29(35-22(5)33)28-17-23(34-21(4)32)13-15-31(28,7)27(24)14-16-30(25,26)6/h17,19-20,23-27,29H,8-16,18H2,1-7H3/t20-,23-,24+,25-,26+,27+,29-,30-,31+/m0/s1. The van der Waals surface area contributed by atoms with Crippen molar-refractivity contribution in [3.63, 3.8) is 0 Å². The van der Waals surface area contributed by atoms with Crippen LogP contribution in [0.15, 0.2) is 11.6 Å². The summed E-state index contributed by atoms with van der Waals surface area (Å²) in [5, 5.41) is 0. The molecule has 35 heavy (non-hydrogen) atoms. The topological polar surface area (TPSA) is 52.6 Å². The van der Waals surface area contributed by atoms with E-state index in [1.807, 2.05) is 0 Å². The van der Waals surface area contributed by atoms with E-state index in [4.69, 9.17) is 9.47 Å². The molecule has 0 spiro atoms. The van der Waals surface area contributed by atoms with E-state index < -0.39 is 0 Å². The molecule has 0 aliphatic heterocycles. The monoisotopic (exact) mass is 486 g/mol. The summed E-state index contributed by atoms with van der Waals surface area (Å²) in [5.74, 6) is 3.93. The Morgan fingerprint density at radius 3 is 2.31 bits per heavy atom. The summed E-state index contributed by atoms with van der Waals surface area (Å²) in [6, 6.07) is 0. The highest BCUT2D eigenvalue weighted by Gasteiger charge is 2.61. The van der Waals surface area contributed by atoms with Crippen molar-refractivity contribution in [2.45, 2.75) is 125 Å². The molecule has 4 nitrogen and oxygen atoms in total. The molecule has 0 aromatic rings. The molecule has 0 N–H and O–H groups in total. The number of carbonyl (C=O) groups excluding carboxylic acids is 2. The maximum absolute atomic E-state index is 12.2. The van der Waals surface area contributed by atoms with Crippen molar-refractivity contribution in [1.29, 1.82) is 0 Å². The molecule has 4 aliphatic rings. The Kier molecular flexibility index (Phi) is 7.80. The summed E-state index contributed by atoms with van der Waals surface area (Å²) in [4.78, 5) is 23.8. The van der Waals surface area contributed by atoms with Gasteiger partial charge in [-0.2, -0.15) is 0 Å². The lowest BCUT2D eigenvalue weighted by Crippen LogP contribution is -2.55. The molecule has 0 unspecified atom stereocenters. The van der Waals surface area contributed by atoms with Crippen LogP contribution in [0.2, 0.25) is 0 Å². The predicted molar refractivity (Wildman–Crippen MR) is 140 cm³/mol. The minimum atomic E-state index is -0.235. The summed E-state index contributed by atoms with van der Waals surface area (Å²) in [6.45, 7) is 15.2. The fourth-order valence-corrected chi connectivity index (χ4v) is 9.36. The van der Waals surface area contributed by atoms with Gasteiger partial charge in [0.2, 0.25) is 0 Å². The molecule has 4 aliphatic carbocycles. The van der Waals surface area contributed by atoms with E-state index in [0.717, 1.165) is 42.9 Å². The quantitative estimate of drug-likeness (QED) is 0.276. The molecule has 0 saturated heterocycles. The number of hydrogen-bond acceptors (Lipinski definition) is 4. The van der Waals surface area contributed by atoms with E-state index in [9.17, 15) is 9.59 Å². The van der Waals surface area contributed by atoms with Crippen molar-refractivity contribution in [3.8, 4) is 0 Å². The third kappa shape index (κ3) is 5.10. The van der Waals surface area contributed by atoms with Crippen molar-refractivity contribution < 1.29 is 19.1 Å². The third-order valence-electron chi connectivity index (χ3n) is 10.9. The van der Waals surface area contributed by atoms with E-state index in [-0.39, 0.29) is 29.6 Å². The van der Waals surface area contributed by atoms with E-state index >= 15 is 0 Å². The average Bonchev–Trinajstić information content (AvgIpc) is 3.11. The second kappa shape index (κ2) is 10.2. The van der Waals surface area contributed by atoms with Gasteiger partial charge in [-0.1, -0.05) is 53.9 Å². The first-order valence-electron chi connectivity index (χ1n) is 14.5. The summed E-state index contributed by atoms with van der Waals surface area (Å²) in [5.41, 5.74) is 1.67. The highest BCUT2D eigenvalue weighted by Crippen LogP contribution is 2.68. The number of hydrogen-bond donors (Lipinski definition) is 0. The molecule has 0 aromatic carbocycles. The molecule has 0 heterocycles. The smallest absolute Gasteiger partial charge is 0.303 e. The van der Waals surface area contributed by atoms with Gasteiger partial charge in [-0.05, 0) is 103 Å². The Hall–Kier alpha value is -1.32. The van der Waals surface area contributed by atoms with Gasteiger partial charge >= 0.3 is 11.9 Å². The number of rotatable bonds is 7. The minimum Gasteiger partial charge on any atom is -0.458 e. The summed E-state index contributed by atoms with van der Waals surface area (Å²) < 4.78 is 11.6. The van der Waals surface area contributed by atoms with Crippen LogP contribution in [0.25, 0.3) is 0 Å². The zero-order chi connectivity index (χ0) is 25.5. The van der Waals surface area contributed by atoms with Gasteiger partial charge in [0.1, 0.15) is 12.2 Å². The predicted octanol–water partition coefficient (Wildman–Crippen LogP) is 7.50. The Morgan fingerprint density at radius 2 is 1.66 bits per heavy atom. The van der Waals surface area contributed by atoms with Crippen LogP contribution in [-0.4, -0.2) is 24.1 Å². The Labute approximate surface area is 214 Å². The molecule has 3 fully saturated rings. The average molecular weight is 487 g/mol. The van der Waals surface area contributed by atoms with Crippen LogP contribution in [-0.2, 0) is 19.1 Å². The van der Waals surface area contributed by atoms with Crippen LogP contribution >= 0.6 is 0 Å². The lowest BCUT2D eigenvalue weighted by molar-refractivity contribution is -0.155. The van der Waals surface area contributed by atoms with E-state index in [1.54, 1.807) is 0 Å². The van der Waals surface area contributed by atoms with Crippen LogP contribution < -0.4 is 0 Å². The molecule has 4 rings (SSSR count). The molecular formula is C31H50O4. The van der Waals surface area contributed by atoms with Gasteiger partial charge in [0.15, 0.2) is 0 Å². The van der Waals surface area contributed by atoms with Crippen LogP contribution in [0.5, 0.6) is 0 Å². The zero-order valence-electron chi connectivity index (χ0n) is 23.4. The van der Waals surface area contributed by atoms with Crippen LogP contribution in [0, 0.1) is 46.3 Å². The number of esters is 2. The van der Waals surface area contributed by atoms with Crippen molar-refractivity contribution in [1.82, 2.24) is 0 Å². The fourth-order valence-electron chi connectivity index (χ4n) is 9.36. The molecule has 3 saturated carbocycles. The van der Waals surface area contributed by atoms with Crippen molar-refractivity contribution in [2.75, 3.05) is 0 Å². The van der Waals surface area contributed by atoms with Crippen LogP contribution in [0.3, 0.4) is 0 Å². The second-order valence-corrected chi connectivity index (χ2v) is 13.5. The SMILES string of the molecule is CC(=O)O[C@@H]1C=C2[C@@H](OC(C)=O)C[C@@H]3[C@H]4CC[C@@H]([C@@H](C)CCCC(C)C)[C@]4(C)CC[C@H]3[C@@]2(C)CC1.